The highest BCUT2D eigenvalue weighted by Gasteiger charge is 2.67. The van der Waals surface area contributed by atoms with Crippen molar-refractivity contribution in [2.75, 3.05) is 5.32 Å². The van der Waals surface area contributed by atoms with Crippen LogP contribution in [0.5, 0.6) is 0 Å². The van der Waals surface area contributed by atoms with Crippen LogP contribution in [0.25, 0.3) is 0 Å². The van der Waals surface area contributed by atoms with Crippen molar-refractivity contribution < 1.29 is 23.5 Å². The normalized spacial score (nSPS) is 20.2. The summed E-state index contributed by atoms with van der Waals surface area (Å²) in [5.74, 6) is -5.49. The van der Waals surface area contributed by atoms with E-state index in [2.05, 4.69) is 5.32 Å². The Morgan fingerprint density at radius 1 is 1.07 bits per heavy atom. The first-order valence-corrected chi connectivity index (χ1v) is 8.91. The Balaban J connectivity index is 1.84. The summed E-state index contributed by atoms with van der Waals surface area (Å²) in [6, 6.07) is 5.87. The first-order valence-electron chi connectivity index (χ1n) is 7.40. The Hall–Kier alpha value is -1.60. The largest absolute Gasteiger partial charge is 0.478 e. The molecule has 0 saturated heterocycles. The number of hydrogen-bond donors (Lipinski definition) is 2. The molecular weight excluding hydrogens is 446 g/mol. The highest BCUT2D eigenvalue weighted by molar-refractivity contribution is 6.53. The van der Waals surface area contributed by atoms with Crippen LogP contribution < -0.4 is 5.32 Å². The number of halogens is 6. The second-order valence-electron chi connectivity index (χ2n) is 5.92. The molecule has 4 nitrogen and oxygen atoms in total. The van der Waals surface area contributed by atoms with Crippen molar-refractivity contribution in [2.45, 2.75) is 10.3 Å². The fourth-order valence-electron chi connectivity index (χ4n) is 2.81. The van der Waals surface area contributed by atoms with Crippen LogP contribution in [0.1, 0.15) is 21.8 Å². The van der Waals surface area contributed by atoms with Gasteiger partial charge in [-0.3, -0.25) is 4.79 Å². The van der Waals surface area contributed by atoms with Crippen LogP contribution >= 0.6 is 46.4 Å². The minimum Gasteiger partial charge on any atom is -0.478 e. The van der Waals surface area contributed by atoms with E-state index < -0.39 is 50.3 Å². The predicted molar refractivity (Wildman–Crippen MR) is 99.1 cm³/mol. The highest BCUT2D eigenvalue weighted by atomic mass is 35.5. The Bertz CT molecular complexity index is 967. The monoisotopic (exact) mass is 453 g/mol. The summed E-state index contributed by atoms with van der Waals surface area (Å²) in [5.41, 5.74) is -0.260. The number of carboxylic acids is 1. The number of carboxylic acid groups (broad SMARTS) is 1. The number of carbonyl (C=O) groups is 2. The van der Waals surface area contributed by atoms with E-state index in [1.807, 2.05) is 0 Å². The van der Waals surface area contributed by atoms with Gasteiger partial charge in [0.15, 0.2) is 5.82 Å². The van der Waals surface area contributed by atoms with Gasteiger partial charge in [0.2, 0.25) is 5.91 Å². The van der Waals surface area contributed by atoms with Gasteiger partial charge in [-0.15, -0.1) is 23.2 Å². The van der Waals surface area contributed by atoms with E-state index in [4.69, 9.17) is 51.5 Å². The molecule has 1 saturated carbocycles. The lowest BCUT2D eigenvalue weighted by Gasteiger charge is -2.08. The van der Waals surface area contributed by atoms with Crippen molar-refractivity contribution in [3.8, 4) is 0 Å². The molecule has 0 aliphatic heterocycles. The van der Waals surface area contributed by atoms with Crippen molar-refractivity contribution in [1.29, 1.82) is 0 Å². The number of anilines is 1. The number of hydrogen-bond acceptors (Lipinski definition) is 2. The van der Waals surface area contributed by atoms with E-state index in [9.17, 15) is 18.4 Å². The smallest absolute Gasteiger partial charge is 0.338 e. The number of rotatable bonds is 4. The summed E-state index contributed by atoms with van der Waals surface area (Å²) >= 11 is 23.8. The Morgan fingerprint density at radius 2 is 1.74 bits per heavy atom. The SMILES string of the molecule is O=C(O)c1cc(NC(=O)C2C(c3ccc(F)c(Cl)c3)C2(Cl)Cl)cc(Cl)c1F. The van der Waals surface area contributed by atoms with Crippen molar-refractivity contribution in [1.82, 2.24) is 0 Å². The molecule has 1 aliphatic rings. The molecule has 2 atom stereocenters. The fourth-order valence-corrected chi connectivity index (χ4v) is 4.05. The zero-order chi connectivity index (χ0) is 20.1. The summed E-state index contributed by atoms with van der Waals surface area (Å²) in [4.78, 5) is 23.6. The Morgan fingerprint density at radius 3 is 2.33 bits per heavy atom. The number of alkyl halides is 2. The zero-order valence-electron chi connectivity index (χ0n) is 13.1. The van der Waals surface area contributed by atoms with E-state index in [0.717, 1.165) is 18.2 Å². The van der Waals surface area contributed by atoms with E-state index in [1.165, 1.54) is 12.1 Å². The van der Waals surface area contributed by atoms with Crippen LogP contribution in [-0.2, 0) is 4.79 Å². The molecule has 3 rings (SSSR count). The summed E-state index contributed by atoms with van der Waals surface area (Å²) in [5, 5.41) is 10.8. The quantitative estimate of drug-likeness (QED) is 0.599. The Labute approximate surface area is 172 Å². The third kappa shape index (κ3) is 3.72. The van der Waals surface area contributed by atoms with Gasteiger partial charge in [0.05, 0.1) is 21.5 Å². The fraction of sp³-hybridized carbons (Fsp3) is 0.176. The molecule has 2 aromatic carbocycles. The molecule has 142 valence electrons. The Kier molecular flexibility index (Phi) is 5.29. The average molecular weight is 455 g/mol. The third-order valence-corrected chi connectivity index (χ3v) is 5.67. The molecule has 1 amide bonds. The summed E-state index contributed by atoms with van der Waals surface area (Å²) in [7, 11) is 0. The van der Waals surface area contributed by atoms with Crippen LogP contribution in [0.2, 0.25) is 10.0 Å². The van der Waals surface area contributed by atoms with Crippen LogP contribution in [0, 0.1) is 17.6 Å². The minimum absolute atomic E-state index is 0.0317. The summed E-state index contributed by atoms with van der Waals surface area (Å²) in [6.07, 6.45) is 0. The van der Waals surface area contributed by atoms with Crippen molar-refractivity contribution >= 4 is 64.0 Å². The number of carbonyl (C=O) groups excluding carboxylic acids is 1. The molecular formula is C17H9Cl4F2NO3. The van der Waals surface area contributed by atoms with Crippen LogP contribution in [0.3, 0.4) is 0 Å². The zero-order valence-corrected chi connectivity index (χ0v) is 16.1. The lowest BCUT2D eigenvalue weighted by atomic mass is 10.1. The van der Waals surface area contributed by atoms with Gasteiger partial charge < -0.3 is 10.4 Å². The van der Waals surface area contributed by atoms with Crippen LogP contribution in [-0.4, -0.2) is 21.3 Å². The van der Waals surface area contributed by atoms with Gasteiger partial charge >= 0.3 is 5.97 Å². The van der Waals surface area contributed by atoms with Crippen LogP contribution in [0.4, 0.5) is 14.5 Å². The average Bonchev–Trinajstić information content (AvgIpc) is 3.15. The maximum Gasteiger partial charge on any atom is 0.338 e. The van der Waals surface area contributed by atoms with Gasteiger partial charge in [-0.05, 0) is 29.8 Å². The molecule has 10 heteroatoms. The standard InChI is InChI=1S/C17H9Cl4F2NO3/c18-9-3-6(1-2-11(9)22)12-13(17(12,20)21)15(25)24-7-4-8(16(26)27)14(23)10(19)5-7/h1-5,12-13H,(H,24,25)(H,26,27). The second-order valence-corrected chi connectivity index (χ2v) is 8.18. The molecule has 0 bridgehead atoms. The first kappa shape index (κ1) is 20.1. The minimum atomic E-state index is -1.54. The molecule has 0 aromatic heterocycles. The van der Waals surface area contributed by atoms with Gasteiger partial charge in [0, 0.05) is 11.6 Å². The van der Waals surface area contributed by atoms with E-state index in [1.54, 1.807) is 0 Å². The summed E-state index contributed by atoms with van der Waals surface area (Å²) < 4.78 is 25.6. The van der Waals surface area contributed by atoms with E-state index >= 15 is 0 Å². The van der Waals surface area contributed by atoms with Gasteiger partial charge in [-0.25, -0.2) is 13.6 Å². The molecule has 0 radical (unpaired) electrons. The summed E-state index contributed by atoms with van der Waals surface area (Å²) in [6.45, 7) is 0. The highest BCUT2D eigenvalue weighted by Crippen LogP contribution is 2.65. The lowest BCUT2D eigenvalue weighted by Crippen LogP contribution is -2.17. The van der Waals surface area contributed by atoms with Gasteiger partial charge in [-0.1, -0.05) is 29.3 Å². The topological polar surface area (TPSA) is 66.4 Å². The number of aromatic carboxylic acids is 1. The molecule has 1 aliphatic carbocycles. The number of amides is 1. The van der Waals surface area contributed by atoms with Gasteiger partial charge in [0.1, 0.15) is 10.2 Å². The lowest BCUT2D eigenvalue weighted by molar-refractivity contribution is -0.117. The van der Waals surface area contributed by atoms with Gasteiger partial charge in [0.25, 0.3) is 0 Å². The number of benzene rings is 2. The molecule has 2 unspecified atom stereocenters. The molecule has 0 spiro atoms. The van der Waals surface area contributed by atoms with Crippen LogP contribution in [0.15, 0.2) is 30.3 Å². The second kappa shape index (κ2) is 7.09. The van der Waals surface area contributed by atoms with Crippen molar-refractivity contribution in [2.24, 2.45) is 5.92 Å². The molecule has 27 heavy (non-hydrogen) atoms. The van der Waals surface area contributed by atoms with Gasteiger partial charge in [-0.2, -0.15) is 0 Å². The third-order valence-electron chi connectivity index (χ3n) is 4.16. The van der Waals surface area contributed by atoms with Crippen molar-refractivity contribution in [3.05, 3.63) is 63.1 Å². The molecule has 0 heterocycles. The molecule has 2 N–H and O–H groups in total. The molecule has 1 fully saturated rings. The van der Waals surface area contributed by atoms with Crippen molar-refractivity contribution in [3.63, 3.8) is 0 Å². The first-order chi connectivity index (χ1) is 12.5. The number of nitrogens with one attached hydrogen (secondary N) is 1. The maximum absolute atomic E-state index is 13.7. The maximum atomic E-state index is 13.7. The van der Waals surface area contributed by atoms with E-state index in [-0.39, 0.29) is 10.7 Å². The van der Waals surface area contributed by atoms with E-state index in [0.29, 0.717) is 5.56 Å². The molecule has 2 aromatic rings. The predicted octanol–water partition coefficient (Wildman–Crippen LogP) is 5.50.